The molecule has 7 nitrogen and oxygen atoms in total. The van der Waals surface area contributed by atoms with Gasteiger partial charge in [0.1, 0.15) is 12.1 Å². The zero-order valence-corrected chi connectivity index (χ0v) is 14.6. The monoisotopic (exact) mass is 377 g/mol. The van der Waals surface area contributed by atoms with Crippen molar-refractivity contribution in [3.63, 3.8) is 0 Å². The van der Waals surface area contributed by atoms with Crippen molar-refractivity contribution in [3.8, 4) is 22.4 Å². The van der Waals surface area contributed by atoms with Gasteiger partial charge >= 0.3 is 0 Å². The zero-order valence-electron chi connectivity index (χ0n) is 13.8. The molecular formula is C19H12ClN5O2. The van der Waals surface area contributed by atoms with Gasteiger partial charge in [-0.1, -0.05) is 23.7 Å². The summed E-state index contributed by atoms with van der Waals surface area (Å²) in [6.07, 6.45) is 1.36. The molecule has 0 atom stereocenters. The summed E-state index contributed by atoms with van der Waals surface area (Å²) in [7, 11) is 0. The molecule has 4 aromatic rings. The summed E-state index contributed by atoms with van der Waals surface area (Å²) >= 11 is 6.00. The maximum atomic E-state index is 10.9. The molecule has 0 amide bonds. The van der Waals surface area contributed by atoms with Crippen molar-refractivity contribution in [2.24, 2.45) is 0 Å². The number of rotatable bonds is 3. The summed E-state index contributed by atoms with van der Waals surface area (Å²) in [5.41, 5.74) is 9.59. The molecule has 0 bridgehead atoms. The Labute approximate surface area is 158 Å². The zero-order chi connectivity index (χ0) is 19.0. The van der Waals surface area contributed by atoms with Crippen molar-refractivity contribution in [2.75, 3.05) is 5.73 Å². The van der Waals surface area contributed by atoms with Crippen molar-refractivity contribution in [3.05, 3.63) is 76.1 Å². The van der Waals surface area contributed by atoms with Crippen LogP contribution in [0.4, 0.5) is 11.5 Å². The molecule has 2 aromatic heterocycles. The number of anilines is 1. The molecule has 0 aliphatic carbocycles. The molecule has 0 unspecified atom stereocenters. The Balaban J connectivity index is 1.95. The molecule has 2 heterocycles. The third-order valence-corrected chi connectivity index (χ3v) is 4.41. The van der Waals surface area contributed by atoms with Crippen LogP contribution in [0, 0.1) is 10.1 Å². The van der Waals surface area contributed by atoms with E-state index in [4.69, 9.17) is 17.3 Å². The molecule has 0 aliphatic heterocycles. The van der Waals surface area contributed by atoms with Gasteiger partial charge < -0.3 is 5.73 Å². The van der Waals surface area contributed by atoms with Crippen LogP contribution in [0.5, 0.6) is 0 Å². The highest BCUT2D eigenvalue weighted by molar-refractivity contribution is 6.30. The Morgan fingerprint density at radius 3 is 2.30 bits per heavy atom. The molecule has 27 heavy (non-hydrogen) atoms. The van der Waals surface area contributed by atoms with Crippen molar-refractivity contribution in [2.45, 2.75) is 0 Å². The van der Waals surface area contributed by atoms with Gasteiger partial charge in [-0.15, -0.1) is 0 Å². The first-order valence-corrected chi connectivity index (χ1v) is 8.33. The van der Waals surface area contributed by atoms with Gasteiger partial charge in [0.25, 0.3) is 5.69 Å². The molecule has 0 fully saturated rings. The lowest BCUT2D eigenvalue weighted by atomic mass is 10.00. The number of nitro groups is 1. The van der Waals surface area contributed by atoms with Gasteiger partial charge in [0.2, 0.25) is 0 Å². The van der Waals surface area contributed by atoms with E-state index in [1.54, 1.807) is 24.3 Å². The Bertz CT molecular complexity index is 1160. The Hall–Kier alpha value is -3.58. The van der Waals surface area contributed by atoms with E-state index in [1.807, 2.05) is 18.2 Å². The fraction of sp³-hybridized carbons (Fsp3) is 0. The summed E-state index contributed by atoms with van der Waals surface area (Å²) in [5, 5.41) is 12.1. The van der Waals surface area contributed by atoms with Crippen LogP contribution in [0.15, 0.2) is 60.9 Å². The van der Waals surface area contributed by atoms with Crippen LogP contribution in [0.2, 0.25) is 5.02 Å². The van der Waals surface area contributed by atoms with Gasteiger partial charge in [-0.3, -0.25) is 10.1 Å². The maximum Gasteiger partial charge on any atom is 0.269 e. The molecule has 2 aromatic carbocycles. The predicted octanol–water partition coefficient (Wildman–Crippen LogP) is 4.50. The number of nitrogens with two attached hydrogens (primary N) is 1. The van der Waals surface area contributed by atoms with E-state index in [-0.39, 0.29) is 5.69 Å². The van der Waals surface area contributed by atoms with Crippen LogP contribution in [0.1, 0.15) is 0 Å². The van der Waals surface area contributed by atoms with Gasteiger partial charge in [-0.2, -0.15) is 0 Å². The number of fused-ring (bicyclic) bond motifs is 1. The molecule has 132 valence electrons. The number of aromatic nitrogens is 3. The van der Waals surface area contributed by atoms with E-state index in [9.17, 15) is 10.1 Å². The van der Waals surface area contributed by atoms with Crippen LogP contribution >= 0.6 is 11.6 Å². The predicted molar refractivity (Wildman–Crippen MR) is 104 cm³/mol. The minimum atomic E-state index is -0.440. The van der Waals surface area contributed by atoms with E-state index >= 15 is 0 Å². The fourth-order valence-electron chi connectivity index (χ4n) is 2.85. The van der Waals surface area contributed by atoms with Gasteiger partial charge in [0.05, 0.1) is 16.0 Å². The van der Waals surface area contributed by atoms with Gasteiger partial charge in [-0.25, -0.2) is 15.0 Å². The van der Waals surface area contributed by atoms with Gasteiger partial charge in [0, 0.05) is 22.7 Å². The quantitative estimate of drug-likeness (QED) is 0.416. The Morgan fingerprint density at radius 2 is 1.63 bits per heavy atom. The number of nitrogen functional groups attached to an aromatic ring is 1. The lowest BCUT2D eigenvalue weighted by Gasteiger charge is -2.11. The summed E-state index contributed by atoms with van der Waals surface area (Å²) in [5.74, 6) is 0.327. The largest absolute Gasteiger partial charge is 0.383 e. The van der Waals surface area contributed by atoms with Crippen LogP contribution in [0.25, 0.3) is 33.4 Å². The number of halogens is 1. The Kier molecular flexibility index (Phi) is 4.13. The lowest BCUT2D eigenvalue weighted by Crippen LogP contribution is -1.98. The molecule has 0 spiro atoms. The molecule has 0 aliphatic rings. The SMILES string of the molecule is Nc1ncnc2nc(-c3ccc([N+](=O)[O-])cc3)cc(-c3ccc(Cl)cc3)c12. The molecule has 4 rings (SSSR count). The first-order chi connectivity index (χ1) is 13.0. The highest BCUT2D eigenvalue weighted by Crippen LogP contribution is 2.34. The van der Waals surface area contributed by atoms with Crippen LogP contribution < -0.4 is 5.73 Å². The number of hydrogen-bond donors (Lipinski definition) is 1. The minimum absolute atomic E-state index is 0.0176. The first-order valence-electron chi connectivity index (χ1n) is 7.95. The highest BCUT2D eigenvalue weighted by Gasteiger charge is 2.14. The number of non-ortho nitro benzene ring substituents is 1. The van der Waals surface area contributed by atoms with E-state index in [1.165, 1.54) is 18.5 Å². The highest BCUT2D eigenvalue weighted by atomic mass is 35.5. The van der Waals surface area contributed by atoms with Crippen LogP contribution in [-0.2, 0) is 0 Å². The summed E-state index contributed by atoms with van der Waals surface area (Å²) in [6, 6.07) is 15.4. The standard InChI is InChI=1S/C19H12ClN5O2/c20-13-5-1-11(2-6-13)15-9-16(12-3-7-14(8-4-12)25(26)27)24-19-17(15)18(21)22-10-23-19/h1-10H,(H2,21,22,23,24). The normalized spacial score (nSPS) is 10.9. The second-order valence-corrected chi connectivity index (χ2v) is 6.26. The van der Waals surface area contributed by atoms with Crippen molar-refractivity contribution in [1.29, 1.82) is 0 Å². The molecular weight excluding hydrogens is 366 g/mol. The van der Waals surface area contributed by atoms with E-state index in [0.717, 1.165) is 16.7 Å². The number of nitrogens with zero attached hydrogens (tertiary/aromatic N) is 4. The van der Waals surface area contributed by atoms with Gasteiger partial charge in [-0.05, 0) is 41.5 Å². The van der Waals surface area contributed by atoms with E-state index in [0.29, 0.717) is 27.6 Å². The molecule has 8 heteroatoms. The molecule has 0 saturated carbocycles. The number of hydrogen-bond acceptors (Lipinski definition) is 6. The molecule has 0 radical (unpaired) electrons. The third-order valence-electron chi connectivity index (χ3n) is 4.16. The third kappa shape index (κ3) is 3.16. The average molecular weight is 378 g/mol. The Morgan fingerprint density at radius 1 is 0.963 bits per heavy atom. The van der Waals surface area contributed by atoms with Gasteiger partial charge in [0.15, 0.2) is 5.65 Å². The summed E-state index contributed by atoms with van der Waals surface area (Å²) < 4.78 is 0. The minimum Gasteiger partial charge on any atom is -0.383 e. The second-order valence-electron chi connectivity index (χ2n) is 5.82. The van der Waals surface area contributed by atoms with Crippen molar-refractivity contribution >= 4 is 34.1 Å². The molecule has 0 saturated heterocycles. The van der Waals surface area contributed by atoms with Crippen LogP contribution in [0.3, 0.4) is 0 Å². The summed E-state index contributed by atoms with van der Waals surface area (Å²) in [4.78, 5) is 23.3. The van der Waals surface area contributed by atoms with E-state index in [2.05, 4.69) is 15.0 Å². The number of pyridine rings is 1. The number of benzene rings is 2. The maximum absolute atomic E-state index is 10.9. The second kappa shape index (κ2) is 6.62. The van der Waals surface area contributed by atoms with E-state index < -0.39 is 4.92 Å². The smallest absolute Gasteiger partial charge is 0.269 e. The molecule has 2 N–H and O–H groups in total. The fourth-order valence-corrected chi connectivity index (χ4v) is 2.97. The lowest BCUT2D eigenvalue weighted by molar-refractivity contribution is -0.384. The topological polar surface area (TPSA) is 108 Å². The summed E-state index contributed by atoms with van der Waals surface area (Å²) in [6.45, 7) is 0. The van der Waals surface area contributed by atoms with Crippen molar-refractivity contribution < 1.29 is 4.92 Å². The number of nitro benzene ring substituents is 1. The average Bonchev–Trinajstić information content (AvgIpc) is 2.68. The first kappa shape index (κ1) is 16.9. The van der Waals surface area contributed by atoms with Crippen LogP contribution in [-0.4, -0.2) is 19.9 Å². The van der Waals surface area contributed by atoms with Crippen molar-refractivity contribution in [1.82, 2.24) is 15.0 Å².